The van der Waals surface area contributed by atoms with Crippen LogP contribution in [0.15, 0.2) is 18.2 Å². The van der Waals surface area contributed by atoms with Crippen molar-refractivity contribution in [3.63, 3.8) is 0 Å². The Bertz CT molecular complexity index is 361. The minimum absolute atomic E-state index is 0.265. The molecule has 5 heteroatoms. The Hall–Kier alpha value is -1.17. The van der Waals surface area contributed by atoms with Gasteiger partial charge in [0, 0.05) is 33.3 Å². The first-order valence-electron chi connectivity index (χ1n) is 5.95. The van der Waals surface area contributed by atoms with Gasteiger partial charge in [-0.1, -0.05) is 6.07 Å². The molecule has 1 rings (SSSR count). The normalized spacial score (nSPS) is 10.9. The minimum Gasteiger partial charge on any atom is -0.494 e. The van der Waals surface area contributed by atoms with Crippen LogP contribution in [0.4, 0.5) is 4.39 Å². The number of ether oxygens (including phenoxy) is 2. The van der Waals surface area contributed by atoms with E-state index in [-0.39, 0.29) is 11.6 Å². The third-order valence-electron chi connectivity index (χ3n) is 2.68. The van der Waals surface area contributed by atoms with Crippen LogP contribution in [0.5, 0.6) is 5.75 Å². The van der Waals surface area contributed by atoms with Gasteiger partial charge in [-0.05, 0) is 17.7 Å². The minimum atomic E-state index is -0.338. The van der Waals surface area contributed by atoms with Gasteiger partial charge in [-0.3, -0.25) is 4.90 Å². The van der Waals surface area contributed by atoms with Crippen molar-refractivity contribution >= 4 is 0 Å². The topological polar surface area (TPSA) is 47.7 Å². The maximum Gasteiger partial charge on any atom is 0.165 e. The number of halogens is 1. The van der Waals surface area contributed by atoms with Gasteiger partial charge in [0.15, 0.2) is 11.6 Å². The molecule has 0 saturated carbocycles. The molecule has 1 aromatic rings. The summed E-state index contributed by atoms with van der Waals surface area (Å²) in [6.45, 7) is 3.40. The molecule has 0 aliphatic rings. The van der Waals surface area contributed by atoms with Crippen molar-refractivity contribution in [2.45, 2.75) is 6.54 Å². The summed E-state index contributed by atoms with van der Waals surface area (Å²) >= 11 is 0. The molecular weight excluding hydrogens is 235 g/mol. The van der Waals surface area contributed by atoms with Crippen LogP contribution in [-0.2, 0) is 11.3 Å². The summed E-state index contributed by atoms with van der Waals surface area (Å²) in [4.78, 5) is 2.13. The Morgan fingerprint density at radius 2 is 2.06 bits per heavy atom. The van der Waals surface area contributed by atoms with E-state index in [1.807, 2.05) is 6.07 Å². The number of hydrogen-bond acceptors (Lipinski definition) is 4. The highest BCUT2D eigenvalue weighted by atomic mass is 19.1. The monoisotopic (exact) mass is 256 g/mol. The molecule has 0 heterocycles. The summed E-state index contributed by atoms with van der Waals surface area (Å²) in [5.41, 5.74) is 6.45. The van der Waals surface area contributed by atoms with Gasteiger partial charge in [0.1, 0.15) is 0 Å². The van der Waals surface area contributed by atoms with Crippen LogP contribution in [0.1, 0.15) is 5.56 Å². The van der Waals surface area contributed by atoms with Crippen molar-refractivity contribution in [1.82, 2.24) is 4.90 Å². The van der Waals surface area contributed by atoms with Crippen LogP contribution in [-0.4, -0.2) is 45.4 Å². The molecule has 0 fully saturated rings. The molecule has 0 saturated heterocycles. The predicted octanol–water partition coefficient (Wildman–Crippen LogP) is 1.24. The lowest BCUT2D eigenvalue weighted by atomic mass is 10.2. The van der Waals surface area contributed by atoms with E-state index in [1.165, 1.54) is 13.2 Å². The summed E-state index contributed by atoms with van der Waals surface area (Å²) < 4.78 is 23.5. The fourth-order valence-corrected chi connectivity index (χ4v) is 1.74. The van der Waals surface area contributed by atoms with Crippen LogP contribution < -0.4 is 10.5 Å². The number of nitrogens with zero attached hydrogens (tertiary/aromatic N) is 1. The third-order valence-corrected chi connectivity index (χ3v) is 2.68. The van der Waals surface area contributed by atoms with Crippen LogP contribution in [0.2, 0.25) is 0 Å². The fraction of sp³-hybridized carbons (Fsp3) is 0.538. The molecule has 0 atom stereocenters. The zero-order valence-electron chi connectivity index (χ0n) is 11.0. The van der Waals surface area contributed by atoms with Crippen molar-refractivity contribution in [1.29, 1.82) is 0 Å². The predicted molar refractivity (Wildman–Crippen MR) is 69.2 cm³/mol. The summed E-state index contributed by atoms with van der Waals surface area (Å²) in [7, 11) is 3.12. The molecule has 18 heavy (non-hydrogen) atoms. The molecule has 102 valence electrons. The fourth-order valence-electron chi connectivity index (χ4n) is 1.74. The standard InChI is InChI=1S/C13H21FN2O2/c1-17-8-7-16(6-5-15)10-11-3-4-13(18-2)12(14)9-11/h3-4,9H,5-8,10,15H2,1-2H3. The second kappa shape index (κ2) is 8.02. The average molecular weight is 256 g/mol. The number of methoxy groups -OCH3 is 2. The van der Waals surface area contributed by atoms with Gasteiger partial charge in [0.05, 0.1) is 13.7 Å². The molecule has 1 aromatic carbocycles. The molecule has 2 N–H and O–H groups in total. The molecule has 0 aliphatic heterocycles. The van der Waals surface area contributed by atoms with E-state index in [2.05, 4.69) is 4.90 Å². The molecule has 0 unspecified atom stereocenters. The van der Waals surface area contributed by atoms with Crippen LogP contribution in [0.25, 0.3) is 0 Å². The zero-order valence-corrected chi connectivity index (χ0v) is 11.0. The van der Waals surface area contributed by atoms with E-state index in [1.54, 1.807) is 13.2 Å². The van der Waals surface area contributed by atoms with Gasteiger partial charge in [-0.25, -0.2) is 4.39 Å². The number of hydrogen-bond donors (Lipinski definition) is 1. The van der Waals surface area contributed by atoms with E-state index < -0.39 is 0 Å². The van der Waals surface area contributed by atoms with Crippen LogP contribution >= 0.6 is 0 Å². The average Bonchev–Trinajstić information content (AvgIpc) is 2.36. The van der Waals surface area contributed by atoms with Crippen molar-refractivity contribution < 1.29 is 13.9 Å². The summed E-state index contributed by atoms with van der Waals surface area (Å²) in [6, 6.07) is 5.00. The van der Waals surface area contributed by atoms with Crippen LogP contribution in [0.3, 0.4) is 0 Å². The first kappa shape index (κ1) is 14.9. The first-order valence-corrected chi connectivity index (χ1v) is 5.95. The SMILES string of the molecule is COCCN(CCN)Cc1ccc(OC)c(F)c1. The van der Waals surface area contributed by atoms with Crippen molar-refractivity contribution in [3.05, 3.63) is 29.6 Å². The summed E-state index contributed by atoms with van der Waals surface area (Å²) in [5.74, 6) is -0.0737. The lowest BCUT2D eigenvalue weighted by Gasteiger charge is -2.21. The Morgan fingerprint density at radius 1 is 1.28 bits per heavy atom. The van der Waals surface area contributed by atoms with E-state index in [9.17, 15) is 4.39 Å². The van der Waals surface area contributed by atoms with Gasteiger partial charge < -0.3 is 15.2 Å². The second-order valence-electron chi connectivity index (χ2n) is 4.03. The molecule has 0 spiro atoms. The first-order chi connectivity index (χ1) is 8.71. The maximum atomic E-state index is 13.5. The maximum absolute atomic E-state index is 13.5. The van der Waals surface area contributed by atoms with Crippen LogP contribution in [0, 0.1) is 5.82 Å². The largest absolute Gasteiger partial charge is 0.494 e. The third kappa shape index (κ3) is 4.60. The molecule has 0 radical (unpaired) electrons. The highest BCUT2D eigenvalue weighted by molar-refractivity contribution is 5.29. The Morgan fingerprint density at radius 3 is 2.61 bits per heavy atom. The van der Waals surface area contributed by atoms with E-state index in [4.69, 9.17) is 15.2 Å². The van der Waals surface area contributed by atoms with E-state index in [0.717, 1.165) is 18.7 Å². The lowest BCUT2D eigenvalue weighted by molar-refractivity contribution is 0.146. The van der Waals surface area contributed by atoms with Crippen molar-refractivity contribution in [2.24, 2.45) is 5.73 Å². The number of rotatable bonds is 8. The molecular formula is C13H21FN2O2. The molecule has 0 aliphatic carbocycles. The molecule has 0 aromatic heterocycles. The van der Waals surface area contributed by atoms with Gasteiger partial charge >= 0.3 is 0 Å². The molecule has 4 nitrogen and oxygen atoms in total. The van der Waals surface area contributed by atoms with Crippen molar-refractivity contribution in [3.8, 4) is 5.75 Å². The number of benzene rings is 1. The quantitative estimate of drug-likeness (QED) is 0.760. The van der Waals surface area contributed by atoms with Gasteiger partial charge in [-0.15, -0.1) is 0 Å². The van der Waals surface area contributed by atoms with E-state index in [0.29, 0.717) is 19.7 Å². The van der Waals surface area contributed by atoms with E-state index >= 15 is 0 Å². The zero-order chi connectivity index (χ0) is 13.4. The Kier molecular flexibility index (Phi) is 6.64. The summed E-state index contributed by atoms with van der Waals surface area (Å²) in [6.07, 6.45) is 0. The highest BCUT2D eigenvalue weighted by Crippen LogP contribution is 2.18. The second-order valence-corrected chi connectivity index (χ2v) is 4.03. The van der Waals surface area contributed by atoms with Gasteiger partial charge in [0.25, 0.3) is 0 Å². The lowest BCUT2D eigenvalue weighted by Crippen LogP contribution is -2.32. The summed E-state index contributed by atoms with van der Waals surface area (Å²) in [5, 5.41) is 0. The molecule has 0 bridgehead atoms. The highest BCUT2D eigenvalue weighted by Gasteiger charge is 2.08. The van der Waals surface area contributed by atoms with Crippen molar-refractivity contribution in [2.75, 3.05) is 40.5 Å². The van der Waals surface area contributed by atoms with Gasteiger partial charge in [0.2, 0.25) is 0 Å². The Labute approximate surface area is 107 Å². The Balaban J connectivity index is 2.64. The smallest absolute Gasteiger partial charge is 0.165 e. The van der Waals surface area contributed by atoms with Gasteiger partial charge in [-0.2, -0.15) is 0 Å². The number of nitrogens with two attached hydrogens (primary N) is 1. The molecule has 0 amide bonds.